The van der Waals surface area contributed by atoms with Gasteiger partial charge in [0.2, 0.25) is 0 Å². The van der Waals surface area contributed by atoms with E-state index in [2.05, 4.69) is 85.0 Å². The summed E-state index contributed by atoms with van der Waals surface area (Å²) in [5.74, 6) is 7.38. The van der Waals surface area contributed by atoms with E-state index < -0.39 is 0 Å². The van der Waals surface area contributed by atoms with E-state index in [0.29, 0.717) is 58.3 Å². The van der Waals surface area contributed by atoms with Crippen LogP contribution in [0, 0.1) is 80.8 Å². The molecule has 0 heterocycles. The van der Waals surface area contributed by atoms with Crippen LogP contribution >= 0.6 is 45.2 Å². The lowest BCUT2D eigenvalue weighted by molar-refractivity contribution is -0.128. The summed E-state index contributed by atoms with van der Waals surface area (Å²) in [6, 6.07) is 0. The summed E-state index contributed by atoms with van der Waals surface area (Å²) in [5, 5.41) is 0. The number of hydrogen-bond acceptors (Lipinski definition) is 3. The average Bonchev–Trinajstić information content (AvgIpc) is 3.76. The number of hydrogen-bond donors (Lipinski definition) is 0. The minimum atomic E-state index is 0.230. The average molecular weight is 1040 g/mol. The Balaban J connectivity index is 0.993. The first-order chi connectivity index (χ1) is 28.3. The largest absolute Gasteiger partial charge is 0.374 e. The molecule has 16 atom stereocenters. The van der Waals surface area contributed by atoms with Crippen molar-refractivity contribution in [3.63, 3.8) is 0 Å². The second-order valence-electron chi connectivity index (χ2n) is 23.4. The minimum absolute atomic E-state index is 0.230. The van der Waals surface area contributed by atoms with Crippen LogP contribution < -0.4 is 0 Å². The first kappa shape index (κ1) is 45.8. The van der Waals surface area contributed by atoms with Crippen LogP contribution in [-0.2, 0) is 14.3 Å². The highest BCUT2D eigenvalue weighted by Crippen LogP contribution is 2.69. The fraction of sp³-hybridized carbons (Fsp3) is 0.889. The van der Waals surface area contributed by atoms with Crippen LogP contribution in [-0.4, -0.2) is 32.6 Å². The van der Waals surface area contributed by atoms with Crippen molar-refractivity contribution in [3.05, 3.63) is 23.3 Å². The van der Waals surface area contributed by atoms with Crippen molar-refractivity contribution in [2.45, 2.75) is 208 Å². The van der Waals surface area contributed by atoms with E-state index in [-0.39, 0.29) is 10.8 Å². The van der Waals surface area contributed by atoms with Crippen molar-refractivity contribution in [2.24, 2.45) is 80.8 Å². The molecule has 8 aliphatic carbocycles. The van der Waals surface area contributed by atoms with Crippen molar-refractivity contribution in [2.75, 3.05) is 8.86 Å². The van der Waals surface area contributed by atoms with Crippen LogP contribution in [0.5, 0.6) is 0 Å². The molecule has 0 spiro atoms. The van der Waals surface area contributed by atoms with Gasteiger partial charge in [-0.25, -0.2) is 0 Å². The standard InChI is InChI=1S/C54H84I2O3/c1-35(57)43-19-21-45-41-17-15-39-33-37(23-27-51(39,3)47(41)25-29-53(43,45)5)49(13-9-7-11-31-55)59-50(14-10-8-12-32-56)38-24-28-52(4)40(34-38)16-18-42-46-22-20-44(36(2)58)54(46,6)30-26-48(42)52/h15-16,37-38,41-50H,7-14,17-34H2,1-6H3/t37-,38-,41?,42?,43+,44+,45?,46?,47?,48?,49?,50?,51-,52-,53+,54+/m0/s1. The predicted octanol–water partition coefficient (Wildman–Crippen LogP) is 15.3. The molecule has 0 aromatic heterocycles. The lowest BCUT2D eigenvalue weighted by Gasteiger charge is -2.59. The molecule has 0 radical (unpaired) electrons. The van der Waals surface area contributed by atoms with Crippen LogP contribution in [0.15, 0.2) is 23.3 Å². The Kier molecular flexibility index (Phi) is 14.5. The molecule has 59 heavy (non-hydrogen) atoms. The van der Waals surface area contributed by atoms with E-state index in [0.717, 1.165) is 48.3 Å². The van der Waals surface area contributed by atoms with Gasteiger partial charge < -0.3 is 4.74 Å². The summed E-state index contributed by atoms with van der Waals surface area (Å²) in [6.45, 7) is 14.1. The van der Waals surface area contributed by atoms with Crippen LogP contribution in [0.2, 0.25) is 0 Å². The number of unbranched alkanes of at least 4 members (excludes halogenated alkanes) is 4. The molecule has 8 unspecified atom stereocenters. The Hall–Kier alpha value is 0.240. The van der Waals surface area contributed by atoms with Gasteiger partial charge in [-0.1, -0.05) is 122 Å². The van der Waals surface area contributed by atoms with Gasteiger partial charge in [0, 0.05) is 11.8 Å². The smallest absolute Gasteiger partial charge is 0.133 e. The number of Topliss-reactive ketones (excluding diaryl/α,β-unsaturated/α-hetero) is 2. The molecule has 5 heteroatoms. The van der Waals surface area contributed by atoms with Gasteiger partial charge in [0.25, 0.3) is 0 Å². The molecule has 332 valence electrons. The number of fused-ring (bicyclic) bond motifs is 10. The second-order valence-corrected chi connectivity index (χ2v) is 25.5. The minimum Gasteiger partial charge on any atom is -0.374 e. The number of carbonyl (C=O) groups is 2. The first-order valence-electron chi connectivity index (χ1n) is 25.5. The number of allylic oxidation sites excluding steroid dienone is 4. The van der Waals surface area contributed by atoms with Gasteiger partial charge >= 0.3 is 0 Å². The van der Waals surface area contributed by atoms with Gasteiger partial charge in [0.05, 0.1) is 12.2 Å². The maximum absolute atomic E-state index is 12.8. The highest BCUT2D eigenvalue weighted by atomic mass is 127. The van der Waals surface area contributed by atoms with E-state index >= 15 is 0 Å². The van der Waals surface area contributed by atoms with Crippen LogP contribution in [0.1, 0.15) is 196 Å². The molecular formula is C54H84I2O3. The Morgan fingerprint density at radius 3 is 1.39 bits per heavy atom. The highest BCUT2D eigenvalue weighted by molar-refractivity contribution is 14.1. The van der Waals surface area contributed by atoms with Crippen LogP contribution in [0.25, 0.3) is 0 Å². The zero-order valence-electron chi connectivity index (χ0n) is 38.4. The van der Waals surface area contributed by atoms with E-state index in [1.807, 2.05) is 13.8 Å². The number of halogens is 2. The Morgan fingerprint density at radius 2 is 1.00 bits per heavy atom. The summed E-state index contributed by atoms with van der Waals surface area (Å²) in [5.41, 5.74) is 4.73. The molecule has 6 saturated carbocycles. The molecular weight excluding hydrogens is 950 g/mol. The summed E-state index contributed by atoms with van der Waals surface area (Å²) in [4.78, 5) is 25.6. The molecule has 8 aliphatic rings. The van der Waals surface area contributed by atoms with Crippen molar-refractivity contribution in [1.82, 2.24) is 0 Å². The van der Waals surface area contributed by atoms with Gasteiger partial charge in [0.1, 0.15) is 11.6 Å². The number of carbonyl (C=O) groups excluding carboxylic acids is 2. The lowest BCUT2D eigenvalue weighted by atomic mass is 9.46. The zero-order valence-corrected chi connectivity index (χ0v) is 42.8. The molecule has 0 aromatic rings. The molecule has 0 amide bonds. The first-order valence-corrected chi connectivity index (χ1v) is 28.5. The van der Waals surface area contributed by atoms with Gasteiger partial charge in [0.15, 0.2) is 0 Å². The molecule has 0 aromatic carbocycles. The maximum atomic E-state index is 12.8. The number of alkyl halides is 2. The molecule has 0 N–H and O–H groups in total. The van der Waals surface area contributed by atoms with Crippen molar-refractivity contribution in [3.8, 4) is 0 Å². The van der Waals surface area contributed by atoms with E-state index in [4.69, 9.17) is 4.74 Å². The SMILES string of the molecule is CC(=O)[C@H]1CCC2C3CC=C4C[C@@H](C(CCCCCI)OC(CCCCCI)[C@H]5CC[C@@]6(C)C(=CCC7C6CC[C@@]6(C)C7CC[C@@H]6C(C)=O)C5)CC[C@]4(C)C3CC[C@@]21C. The second kappa shape index (κ2) is 18.6. The van der Waals surface area contributed by atoms with E-state index in [9.17, 15) is 9.59 Å². The van der Waals surface area contributed by atoms with Crippen LogP contribution in [0.3, 0.4) is 0 Å². The number of rotatable bonds is 16. The highest BCUT2D eigenvalue weighted by Gasteiger charge is 2.61. The van der Waals surface area contributed by atoms with Gasteiger partial charge in [-0.2, -0.15) is 0 Å². The Labute approximate surface area is 389 Å². The molecule has 0 bridgehead atoms. The van der Waals surface area contributed by atoms with Gasteiger partial charge in [-0.05, 0) is 220 Å². The van der Waals surface area contributed by atoms with Gasteiger partial charge in [-0.3, -0.25) is 9.59 Å². The molecule has 8 rings (SSSR count). The van der Waals surface area contributed by atoms with Gasteiger partial charge in [-0.15, -0.1) is 0 Å². The molecule has 0 saturated heterocycles. The fourth-order valence-electron chi connectivity index (χ4n) is 17.6. The number of ketones is 2. The zero-order chi connectivity index (χ0) is 41.7. The van der Waals surface area contributed by atoms with Crippen molar-refractivity contribution >= 4 is 56.7 Å². The molecule has 6 fully saturated rings. The topological polar surface area (TPSA) is 43.4 Å². The maximum Gasteiger partial charge on any atom is 0.133 e. The third-order valence-corrected chi connectivity index (χ3v) is 22.4. The van der Waals surface area contributed by atoms with Crippen molar-refractivity contribution in [1.29, 1.82) is 0 Å². The predicted molar refractivity (Wildman–Crippen MR) is 262 cm³/mol. The van der Waals surface area contributed by atoms with Crippen LogP contribution in [0.4, 0.5) is 0 Å². The lowest BCUT2D eigenvalue weighted by Crippen LogP contribution is -2.51. The summed E-state index contributed by atoms with van der Waals surface area (Å²) in [6.07, 6.45) is 37.1. The summed E-state index contributed by atoms with van der Waals surface area (Å²) in [7, 11) is 0. The van der Waals surface area contributed by atoms with E-state index in [1.54, 1.807) is 11.1 Å². The molecule has 3 nitrogen and oxygen atoms in total. The fourth-order valence-corrected chi connectivity index (χ4v) is 18.7. The summed E-state index contributed by atoms with van der Waals surface area (Å²) < 4.78 is 10.3. The van der Waals surface area contributed by atoms with E-state index in [1.165, 1.54) is 150 Å². The van der Waals surface area contributed by atoms with Crippen molar-refractivity contribution < 1.29 is 14.3 Å². The quantitative estimate of drug-likeness (QED) is 0.0670. The normalized spacial score (nSPS) is 44.7. The third-order valence-electron chi connectivity index (χ3n) is 20.9. The monoisotopic (exact) mass is 1030 g/mol. The summed E-state index contributed by atoms with van der Waals surface area (Å²) >= 11 is 5.15. The number of ether oxygens (including phenoxy) is 1. The molecule has 0 aliphatic heterocycles. The Bertz CT molecular complexity index is 1470. The Morgan fingerprint density at radius 1 is 0.576 bits per heavy atom. The third kappa shape index (κ3) is 8.38.